The standard InChI is InChI=1S/C7H4BrF3IN/c8-6-4(7(9,10)11)1-3(12)2-5(6)13/h1-2H,13H2. The molecule has 0 fully saturated rings. The first kappa shape index (κ1) is 11.1. The molecule has 0 unspecified atom stereocenters. The van der Waals surface area contributed by atoms with Crippen LogP contribution in [0.3, 0.4) is 0 Å². The Labute approximate surface area is 94.8 Å². The van der Waals surface area contributed by atoms with E-state index < -0.39 is 11.7 Å². The van der Waals surface area contributed by atoms with Crippen LogP contribution in [0, 0.1) is 3.57 Å². The van der Waals surface area contributed by atoms with Crippen molar-refractivity contribution in [1.29, 1.82) is 0 Å². The quantitative estimate of drug-likeness (QED) is 0.551. The van der Waals surface area contributed by atoms with Gasteiger partial charge in [-0.25, -0.2) is 0 Å². The fourth-order valence-corrected chi connectivity index (χ4v) is 1.92. The van der Waals surface area contributed by atoms with Gasteiger partial charge < -0.3 is 5.73 Å². The van der Waals surface area contributed by atoms with Crippen LogP contribution in [0.4, 0.5) is 18.9 Å². The molecule has 72 valence electrons. The Hall–Kier alpha value is 0.0200. The number of nitrogens with two attached hydrogens (primary N) is 1. The van der Waals surface area contributed by atoms with E-state index in [1.54, 1.807) is 22.6 Å². The van der Waals surface area contributed by atoms with Gasteiger partial charge in [-0.2, -0.15) is 13.2 Å². The molecule has 0 heterocycles. The van der Waals surface area contributed by atoms with Gasteiger partial charge in [0.25, 0.3) is 0 Å². The van der Waals surface area contributed by atoms with Crippen molar-refractivity contribution in [2.24, 2.45) is 0 Å². The third kappa shape index (κ3) is 2.49. The van der Waals surface area contributed by atoms with E-state index >= 15 is 0 Å². The number of hydrogen-bond acceptors (Lipinski definition) is 1. The highest BCUT2D eigenvalue weighted by atomic mass is 127. The highest BCUT2D eigenvalue weighted by molar-refractivity contribution is 14.1. The second-order valence-electron chi connectivity index (χ2n) is 2.35. The van der Waals surface area contributed by atoms with Crippen LogP contribution in [0.25, 0.3) is 0 Å². The summed E-state index contributed by atoms with van der Waals surface area (Å²) in [5, 5.41) is 0. The average molecular weight is 366 g/mol. The molecule has 1 aromatic carbocycles. The van der Waals surface area contributed by atoms with Gasteiger partial charge in [-0.1, -0.05) is 0 Å². The maximum atomic E-state index is 12.3. The molecule has 0 amide bonds. The smallest absolute Gasteiger partial charge is 0.398 e. The molecule has 1 nitrogen and oxygen atoms in total. The predicted molar refractivity (Wildman–Crippen MR) is 56.3 cm³/mol. The number of halogens is 5. The lowest BCUT2D eigenvalue weighted by molar-refractivity contribution is -0.138. The lowest BCUT2D eigenvalue weighted by Gasteiger charge is -2.11. The molecule has 1 rings (SSSR count). The summed E-state index contributed by atoms with van der Waals surface area (Å²) in [6, 6.07) is 2.51. The summed E-state index contributed by atoms with van der Waals surface area (Å²) in [6.07, 6.45) is -4.37. The summed E-state index contributed by atoms with van der Waals surface area (Å²) >= 11 is 4.59. The third-order valence-electron chi connectivity index (χ3n) is 1.37. The van der Waals surface area contributed by atoms with E-state index in [0.717, 1.165) is 6.07 Å². The van der Waals surface area contributed by atoms with Crippen molar-refractivity contribution in [2.75, 3.05) is 5.73 Å². The minimum absolute atomic E-state index is 0.0965. The van der Waals surface area contributed by atoms with Crippen molar-refractivity contribution >= 4 is 44.2 Å². The van der Waals surface area contributed by atoms with Gasteiger partial charge in [0.1, 0.15) is 0 Å². The Balaban J connectivity index is 3.37. The molecular formula is C7H4BrF3IN. The number of rotatable bonds is 0. The molecule has 0 atom stereocenters. The molecule has 0 aromatic heterocycles. The predicted octanol–water partition coefficient (Wildman–Crippen LogP) is 3.65. The van der Waals surface area contributed by atoms with E-state index in [1.807, 2.05) is 0 Å². The normalized spacial score (nSPS) is 11.8. The summed E-state index contributed by atoms with van der Waals surface area (Å²) in [5.41, 5.74) is 4.72. The van der Waals surface area contributed by atoms with E-state index in [4.69, 9.17) is 5.73 Å². The zero-order valence-electron chi connectivity index (χ0n) is 6.12. The van der Waals surface area contributed by atoms with Crippen LogP contribution in [0.15, 0.2) is 16.6 Å². The molecule has 0 saturated heterocycles. The van der Waals surface area contributed by atoms with E-state index in [2.05, 4.69) is 15.9 Å². The second kappa shape index (κ2) is 3.64. The number of hydrogen-bond donors (Lipinski definition) is 1. The fourth-order valence-electron chi connectivity index (χ4n) is 0.817. The molecule has 6 heteroatoms. The van der Waals surface area contributed by atoms with Crippen LogP contribution in [0.1, 0.15) is 5.56 Å². The van der Waals surface area contributed by atoms with Gasteiger partial charge in [0.05, 0.1) is 10.0 Å². The van der Waals surface area contributed by atoms with Gasteiger partial charge in [0, 0.05) is 9.26 Å². The zero-order chi connectivity index (χ0) is 10.2. The molecule has 0 aliphatic carbocycles. The Kier molecular flexibility index (Phi) is 3.11. The maximum absolute atomic E-state index is 12.3. The Morgan fingerprint density at radius 1 is 1.31 bits per heavy atom. The minimum Gasteiger partial charge on any atom is -0.398 e. The van der Waals surface area contributed by atoms with Gasteiger partial charge >= 0.3 is 6.18 Å². The van der Waals surface area contributed by atoms with Gasteiger partial charge in [-0.05, 0) is 50.7 Å². The first-order chi connectivity index (χ1) is 5.82. The lowest BCUT2D eigenvalue weighted by Crippen LogP contribution is -2.08. The molecule has 0 aliphatic heterocycles. The van der Waals surface area contributed by atoms with Crippen LogP contribution >= 0.6 is 38.5 Å². The summed E-state index contributed by atoms with van der Waals surface area (Å²) in [5.74, 6) is 0. The third-order valence-corrected chi connectivity index (χ3v) is 2.88. The highest BCUT2D eigenvalue weighted by Crippen LogP contribution is 2.38. The van der Waals surface area contributed by atoms with Crippen molar-refractivity contribution in [1.82, 2.24) is 0 Å². The van der Waals surface area contributed by atoms with E-state index in [-0.39, 0.29) is 10.2 Å². The van der Waals surface area contributed by atoms with Crippen molar-refractivity contribution in [3.63, 3.8) is 0 Å². The van der Waals surface area contributed by atoms with Gasteiger partial charge in [-0.15, -0.1) is 0 Å². The number of nitrogen functional groups attached to an aromatic ring is 1. The first-order valence-corrected chi connectivity index (χ1v) is 5.01. The van der Waals surface area contributed by atoms with Gasteiger partial charge in [0.2, 0.25) is 0 Å². The molecule has 0 aliphatic rings. The van der Waals surface area contributed by atoms with E-state index in [1.165, 1.54) is 6.07 Å². The average Bonchev–Trinajstić information content (AvgIpc) is 1.94. The molecule has 2 N–H and O–H groups in total. The Morgan fingerprint density at radius 3 is 2.31 bits per heavy atom. The molecule has 0 bridgehead atoms. The first-order valence-electron chi connectivity index (χ1n) is 3.14. The number of benzene rings is 1. The lowest BCUT2D eigenvalue weighted by atomic mass is 10.2. The van der Waals surface area contributed by atoms with Gasteiger partial charge in [-0.3, -0.25) is 0 Å². The van der Waals surface area contributed by atoms with Crippen molar-refractivity contribution in [2.45, 2.75) is 6.18 Å². The van der Waals surface area contributed by atoms with Crippen molar-refractivity contribution < 1.29 is 13.2 Å². The summed E-state index contributed by atoms with van der Waals surface area (Å²) in [4.78, 5) is 0. The number of alkyl halides is 3. The Bertz CT molecular complexity index is 337. The summed E-state index contributed by atoms with van der Waals surface area (Å²) < 4.78 is 37.3. The van der Waals surface area contributed by atoms with E-state index in [9.17, 15) is 13.2 Å². The topological polar surface area (TPSA) is 26.0 Å². The molecule has 1 aromatic rings. The number of anilines is 1. The summed E-state index contributed by atoms with van der Waals surface area (Å²) in [6.45, 7) is 0. The zero-order valence-corrected chi connectivity index (χ0v) is 9.87. The molecule has 0 spiro atoms. The molecule has 0 saturated carbocycles. The van der Waals surface area contributed by atoms with Crippen LogP contribution in [0.2, 0.25) is 0 Å². The molecular weight excluding hydrogens is 362 g/mol. The molecule has 13 heavy (non-hydrogen) atoms. The van der Waals surface area contributed by atoms with Gasteiger partial charge in [0.15, 0.2) is 0 Å². The van der Waals surface area contributed by atoms with Crippen LogP contribution in [0.5, 0.6) is 0 Å². The van der Waals surface area contributed by atoms with E-state index in [0.29, 0.717) is 3.57 Å². The monoisotopic (exact) mass is 365 g/mol. The van der Waals surface area contributed by atoms with Crippen LogP contribution in [-0.2, 0) is 6.18 Å². The van der Waals surface area contributed by atoms with Crippen LogP contribution in [-0.4, -0.2) is 0 Å². The maximum Gasteiger partial charge on any atom is 0.417 e. The SMILES string of the molecule is Nc1cc(I)cc(C(F)(F)F)c1Br. The fraction of sp³-hybridized carbons (Fsp3) is 0.143. The van der Waals surface area contributed by atoms with Crippen molar-refractivity contribution in [3.05, 3.63) is 25.7 Å². The van der Waals surface area contributed by atoms with Crippen molar-refractivity contribution in [3.8, 4) is 0 Å². The molecule has 0 radical (unpaired) electrons. The highest BCUT2D eigenvalue weighted by Gasteiger charge is 2.33. The van der Waals surface area contributed by atoms with Crippen LogP contribution < -0.4 is 5.73 Å². The summed E-state index contributed by atoms with van der Waals surface area (Å²) in [7, 11) is 0. The second-order valence-corrected chi connectivity index (χ2v) is 4.39. The largest absolute Gasteiger partial charge is 0.417 e. The Morgan fingerprint density at radius 2 is 1.85 bits per heavy atom. The minimum atomic E-state index is -4.37.